The highest BCUT2D eigenvalue weighted by Crippen LogP contribution is 2.71. The highest BCUT2D eigenvalue weighted by Gasteiger charge is 2.84. The largest absolute Gasteiger partial charge is 0.459 e. The molecule has 0 radical (unpaired) electrons. The minimum Gasteiger partial charge on any atom is -0.459 e. The van der Waals surface area contributed by atoms with Gasteiger partial charge in [0.25, 0.3) is 10.1 Å². The molecule has 3 aliphatic rings. The Morgan fingerprint density at radius 2 is 1.93 bits per heavy atom. The lowest BCUT2D eigenvalue weighted by Gasteiger charge is -2.44. The number of rotatable bonds is 3. The van der Waals surface area contributed by atoms with Crippen molar-refractivity contribution in [2.45, 2.75) is 50.7 Å². The molecule has 1 aromatic rings. The predicted molar refractivity (Wildman–Crippen MR) is 114 cm³/mol. The van der Waals surface area contributed by atoms with Crippen LogP contribution in [0.4, 0.5) is 0 Å². The second-order valence-corrected chi connectivity index (χ2v) is 13.0. The van der Waals surface area contributed by atoms with Crippen molar-refractivity contribution in [1.82, 2.24) is 4.90 Å². The molecule has 2 heterocycles. The Hall–Kier alpha value is -0.750. The SMILES string of the molecule is CC12CC1(C(=O)OCC(Cl)(Cl)Cl)N1C(=O)C(N)[C@@H]1S2.Cc1ccc(S(=O)(=O)O)cc1. The van der Waals surface area contributed by atoms with Crippen LogP contribution in [0.2, 0.25) is 0 Å². The monoisotopic (exact) mass is 516 g/mol. The van der Waals surface area contributed by atoms with Crippen LogP contribution in [0.15, 0.2) is 29.2 Å². The molecule has 8 nitrogen and oxygen atoms in total. The number of β-lactam (4-membered cyclic amide) rings is 1. The van der Waals surface area contributed by atoms with Crippen molar-refractivity contribution in [1.29, 1.82) is 0 Å². The average Bonchev–Trinajstić information content (AvgIpc) is 3.16. The van der Waals surface area contributed by atoms with Gasteiger partial charge in [0, 0.05) is 6.42 Å². The summed E-state index contributed by atoms with van der Waals surface area (Å²) in [6, 6.07) is 5.45. The fourth-order valence-corrected chi connectivity index (χ4v) is 6.07. The smallest absolute Gasteiger partial charge is 0.333 e. The molecule has 1 saturated carbocycles. The summed E-state index contributed by atoms with van der Waals surface area (Å²) in [5, 5.41) is -0.147. The van der Waals surface area contributed by atoms with Crippen LogP contribution in [0.5, 0.6) is 0 Å². The summed E-state index contributed by atoms with van der Waals surface area (Å²) < 4.78 is 32.6. The molecule has 1 aromatic carbocycles. The molecule has 2 saturated heterocycles. The lowest BCUT2D eigenvalue weighted by atomic mass is 10.0. The number of amides is 1. The zero-order valence-electron chi connectivity index (χ0n) is 15.8. The maximum Gasteiger partial charge on any atom is 0.333 e. The van der Waals surface area contributed by atoms with Gasteiger partial charge in [-0.05, 0) is 26.0 Å². The van der Waals surface area contributed by atoms with Crippen molar-refractivity contribution < 1.29 is 27.3 Å². The third-order valence-electron chi connectivity index (χ3n) is 5.24. The lowest BCUT2D eigenvalue weighted by Crippen LogP contribution is -2.70. The van der Waals surface area contributed by atoms with E-state index < -0.39 is 31.5 Å². The van der Waals surface area contributed by atoms with Gasteiger partial charge in [-0.1, -0.05) is 52.5 Å². The van der Waals surface area contributed by atoms with E-state index in [-0.39, 0.29) is 27.5 Å². The van der Waals surface area contributed by atoms with Crippen LogP contribution in [0.1, 0.15) is 18.9 Å². The molecule has 2 aliphatic heterocycles. The van der Waals surface area contributed by atoms with Crippen molar-refractivity contribution in [3.8, 4) is 0 Å². The van der Waals surface area contributed by atoms with Gasteiger partial charge in [-0.3, -0.25) is 9.35 Å². The maximum absolute atomic E-state index is 12.3. The summed E-state index contributed by atoms with van der Waals surface area (Å²) in [7, 11) is -4.02. The number of halogens is 3. The molecular weight excluding hydrogens is 499 g/mol. The fourth-order valence-electron chi connectivity index (χ4n) is 3.57. The third-order valence-corrected chi connectivity index (χ3v) is 8.19. The van der Waals surface area contributed by atoms with Gasteiger partial charge in [-0.25, -0.2) is 4.79 Å². The van der Waals surface area contributed by atoms with E-state index in [1.165, 1.54) is 17.0 Å². The standard InChI is InChI=1S/C10H11Cl3N2O3S.C7H8O3S/c1-8-2-9(8,7(17)18-3-10(11,12)13)15-5(16)4(14)6(15)19-8;1-6-2-4-7(5-3-6)11(8,9)10/h4,6H,2-3,14H2,1H3;2-5H,1H3,(H,8,9,10)/t4?,6-,8?,9?;/m0./s1. The van der Waals surface area contributed by atoms with Gasteiger partial charge in [0.2, 0.25) is 9.70 Å². The Morgan fingerprint density at radius 3 is 2.43 bits per heavy atom. The number of esters is 1. The number of fused-ring (bicyclic) bond motifs is 3. The van der Waals surface area contributed by atoms with E-state index in [9.17, 15) is 18.0 Å². The van der Waals surface area contributed by atoms with Crippen LogP contribution in [0, 0.1) is 6.92 Å². The van der Waals surface area contributed by atoms with Gasteiger partial charge >= 0.3 is 5.97 Å². The van der Waals surface area contributed by atoms with Crippen molar-refractivity contribution in [3.63, 3.8) is 0 Å². The van der Waals surface area contributed by atoms with Gasteiger partial charge in [0.15, 0.2) is 5.54 Å². The topological polar surface area (TPSA) is 127 Å². The lowest BCUT2D eigenvalue weighted by molar-refractivity contribution is -0.165. The number of thioether (sulfide) groups is 1. The molecule has 0 aromatic heterocycles. The molecule has 0 bridgehead atoms. The summed E-state index contributed by atoms with van der Waals surface area (Å²) in [6.45, 7) is 3.43. The molecule has 3 N–H and O–H groups in total. The van der Waals surface area contributed by atoms with Crippen LogP contribution in [-0.2, 0) is 24.4 Å². The Balaban J connectivity index is 0.000000199. The average molecular weight is 518 g/mol. The minimum atomic E-state index is -4.02. The van der Waals surface area contributed by atoms with Crippen molar-refractivity contribution in [2.75, 3.05) is 6.61 Å². The number of hydrogen-bond acceptors (Lipinski definition) is 7. The second kappa shape index (κ2) is 7.68. The Kier molecular flexibility index (Phi) is 6.12. The minimum absolute atomic E-state index is 0.0666. The van der Waals surface area contributed by atoms with Crippen LogP contribution in [0.3, 0.4) is 0 Å². The first-order valence-corrected chi connectivity index (χ1v) is 12.1. The molecule has 1 amide bonds. The molecule has 166 valence electrons. The summed E-state index contributed by atoms with van der Waals surface area (Å²) in [6.07, 6.45) is 0.554. The number of hydrogen-bond donors (Lipinski definition) is 2. The van der Waals surface area contributed by atoms with E-state index in [0.29, 0.717) is 6.42 Å². The van der Waals surface area contributed by atoms with Crippen molar-refractivity contribution in [3.05, 3.63) is 29.8 Å². The number of benzene rings is 1. The molecule has 4 atom stereocenters. The third kappa shape index (κ3) is 4.15. The van der Waals surface area contributed by atoms with E-state index in [0.717, 1.165) is 5.56 Å². The first-order chi connectivity index (χ1) is 13.6. The van der Waals surface area contributed by atoms with E-state index in [1.807, 2.05) is 13.8 Å². The zero-order valence-corrected chi connectivity index (χ0v) is 19.7. The van der Waals surface area contributed by atoms with Crippen LogP contribution in [-0.4, -0.2) is 61.8 Å². The van der Waals surface area contributed by atoms with E-state index in [4.69, 9.17) is 49.8 Å². The maximum atomic E-state index is 12.3. The van der Waals surface area contributed by atoms with Crippen molar-refractivity contribution in [2.24, 2.45) is 5.73 Å². The van der Waals surface area contributed by atoms with Crippen molar-refractivity contribution >= 4 is 68.6 Å². The number of alkyl halides is 3. The van der Waals surface area contributed by atoms with Crippen LogP contribution < -0.4 is 5.73 Å². The number of nitrogens with zero attached hydrogens (tertiary/aromatic N) is 1. The molecule has 0 spiro atoms. The van der Waals surface area contributed by atoms with Gasteiger partial charge in [-0.15, -0.1) is 11.8 Å². The van der Waals surface area contributed by atoms with Gasteiger partial charge in [0.1, 0.15) is 18.0 Å². The first-order valence-electron chi connectivity index (χ1n) is 8.67. The Labute approximate surface area is 193 Å². The number of ether oxygens (including phenoxy) is 1. The number of carbonyl (C=O) groups is 2. The van der Waals surface area contributed by atoms with E-state index in [2.05, 4.69) is 0 Å². The molecule has 3 fully saturated rings. The summed E-state index contributed by atoms with van der Waals surface area (Å²) >= 11 is 18.2. The summed E-state index contributed by atoms with van der Waals surface area (Å²) in [4.78, 5) is 25.6. The zero-order chi connectivity index (χ0) is 22.7. The van der Waals surface area contributed by atoms with Crippen LogP contribution in [0.25, 0.3) is 0 Å². The molecular formula is C17H19Cl3N2O6S2. The molecule has 1 aliphatic carbocycles. The second-order valence-electron chi connectivity index (χ2n) is 7.49. The highest BCUT2D eigenvalue weighted by molar-refractivity contribution is 8.02. The Morgan fingerprint density at radius 1 is 1.37 bits per heavy atom. The van der Waals surface area contributed by atoms with E-state index >= 15 is 0 Å². The number of carbonyl (C=O) groups excluding carboxylic acids is 2. The van der Waals surface area contributed by atoms with Gasteiger partial charge < -0.3 is 15.4 Å². The molecule has 4 rings (SSSR count). The van der Waals surface area contributed by atoms with Gasteiger partial charge in [0.05, 0.1) is 9.64 Å². The Bertz CT molecular complexity index is 984. The quantitative estimate of drug-likeness (QED) is 0.271. The number of nitrogens with two attached hydrogens (primary N) is 1. The predicted octanol–water partition coefficient (Wildman–Crippen LogP) is 2.29. The van der Waals surface area contributed by atoms with E-state index in [1.54, 1.807) is 23.9 Å². The summed E-state index contributed by atoms with van der Waals surface area (Å²) in [5.41, 5.74) is 5.75. The molecule has 3 unspecified atom stereocenters. The van der Waals surface area contributed by atoms with Gasteiger partial charge in [-0.2, -0.15) is 8.42 Å². The normalized spacial score (nSPS) is 31.7. The van der Waals surface area contributed by atoms with Crippen LogP contribution >= 0.6 is 46.6 Å². The fraction of sp³-hybridized carbons (Fsp3) is 0.529. The molecule has 30 heavy (non-hydrogen) atoms. The molecule has 13 heteroatoms. The highest BCUT2D eigenvalue weighted by atomic mass is 35.6. The first kappa shape index (κ1) is 23.9. The summed E-state index contributed by atoms with van der Waals surface area (Å²) in [5.74, 6) is -0.735. The number of aryl methyl sites for hydroxylation is 1.